The lowest BCUT2D eigenvalue weighted by molar-refractivity contribution is 1.54. The lowest BCUT2D eigenvalue weighted by atomic mass is 10.2. The van der Waals surface area contributed by atoms with Crippen LogP contribution in [0.15, 0.2) is 65.7 Å². The van der Waals surface area contributed by atoms with E-state index in [1.807, 2.05) is 66.7 Å². The molecule has 0 spiro atoms. The van der Waals surface area contributed by atoms with E-state index in [0.29, 0.717) is 0 Å². The van der Waals surface area contributed by atoms with Crippen LogP contribution in [0.25, 0.3) is 6.08 Å². The van der Waals surface area contributed by atoms with Gasteiger partial charge >= 0.3 is 0 Å². The van der Waals surface area contributed by atoms with Crippen molar-refractivity contribution in [1.29, 1.82) is 0 Å². The Morgan fingerprint density at radius 3 is 2.29 bits per heavy atom. The summed E-state index contributed by atoms with van der Waals surface area (Å²) in [6, 6.07) is 17.5. The first-order valence-electron chi connectivity index (χ1n) is 5.36. The van der Waals surface area contributed by atoms with Crippen LogP contribution in [0.4, 0.5) is 5.69 Å². The molecule has 0 aromatic heterocycles. The maximum atomic E-state index is 5.80. The van der Waals surface area contributed by atoms with Crippen molar-refractivity contribution < 1.29 is 0 Å². The number of hydrogen-bond acceptors (Lipinski definition) is 1. The first kappa shape index (κ1) is 11.6. The van der Waals surface area contributed by atoms with Gasteiger partial charge in [-0.3, -0.25) is 4.99 Å². The maximum absolute atomic E-state index is 5.80. The molecule has 0 aliphatic rings. The smallest absolute Gasteiger partial charge is 0.0629 e. The summed E-state index contributed by atoms with van der Waals surface area (Å²) in [5, 5.41) is 0.750. The van der Waals surface area contributed by atoms with Gasteiger partial charge in [0.05, 0.1) is 5.69 Å². The average molecular weight is 242 g/mol. The summed E-state index contributed by atoms with van der Waals surface area (Å²) in [7, 11) is 0. The van der Waals surface area contributed by atoms with Crippen LogP contribution in [0.2, 0.25) is 5.02 Å². The van der Waals surface area contributed by atoms with Crippen LogP contribution in [0, 0.1) is 0 Å². The number of hydrogen-bond donors (Lipinski definition) is 0. The Hall–Kier alpha value is -1.86. The number of nitrogens with zero attached hydrogens (tertiary/aromatic N) is 1. The number of aliphatic imine (C=N–C) groups is 1. The Morgan fingerprint density at radius 1 is 0.882 bits per heavy atom. The molecule has 0 N–H and O–H groups in total. The van der Waals surface area contributed by atoms with Crippen molar-refractivity contribution in [2.45, 2.75) is 0 Å². The number of para-hydroxylation sites is 1. The molecule has 0 heterocycles. The third kappa shape index (κ3) is 3.89. The number of benzene rings is 2. The predicted molar refractivity (Wildman–Crippen MR) is 75.1 cm³/mol. The van der Waals surface area contributed by atoms with Gasteiger partial charge in [0, 0.05) is 11.2 Å². The van der Waals surface area contributed by atoms with Crippen molar-refractivity contribution in [3.8, 4) is 0 Å². The zero-order chi connectivity index (χ0) is 11.9. The SMILES string of the molecule is Clc1ccc(/C=C\C=Nc2ccccc2)cc1. The molecule has 0 unspecified atom stereocenters. The normalized spacial score (nSPS) is 11.4. The highest BCUT2D eigenvalue weighted by Gasteiger charge is 1.86. The second-order valence-corrected chi connectivity index (χ2v) is 3.96. The molecule has 2 rings (SSSR count). The number of rotatable bonds is 3. The van der Waals surface area contributed by atoms with Crippen molar-refractivity contribution in [3.63, 3.8) is 0 Å². The van der Waals surface area contributed by atoms with E-state index in [9.17, 15) is 0 Å². The van der Waals surface area contributed by atoms with Gasteiger partial charge in [-0.2, -0.15) is 0 Å². The molecule has 2 heteroatoms. The molecule has 0 fully saturated rings. The molecule has 0 saturated heterocycles. The lowest BCUT2D eigenvalue weighted by Gasteiger charge is -1.92. The molecular weight excluding hydrogens is 230 g/mol. The Morgan fingerprint density at radius 2 is 1.59 bits per heavy atom. The molecule has 0 aliphatic carbocycles. The van der Waals surface area contributed by atoms with E-state index < -0.39 is 0 Å². The molecular formula is C15H12ClN. The highest BCUT2D eigenvalue weighted by Crippen LogP contribution is 2.11. The van der Waals surface area contributed by atoms with Crippen molar-refractivity contribution in [3.05, 3.63) is 71.3 Å². The summed E-state index contributed by atoms with van der Waals surface area (Å²) in [5.74, 6) is 0. The molecule has 0 aliphatic heterocycles. The van der Waals surface area contributed by atoms with Crippen LogP contribution < -0.4 is 0 Å². The molecule has 0 atom stereocenters. The van der Waals surface area contributed by atoms with Crippen LogP contribution in [0.5, 0.6) is 0 Å². The Balaban J connectivity index is 1.98. The summed E-state index contributed by atoms with van der Waals surface area (Å²) in [5.41, 5.74) is 2.06. The Bertz CT molecular complexity index is 512. The van der Waals surface area contributed by atoms with E-state index >= 15 is 0 Å². The molecule has 17 heavy (non-hydrogen) atoms. The van der Waals surface area contributed by atoms with Gasteiger partial charge in [0.15, 0.2) is 0 Å². The van der Waals surface area contributed by atoms with Gasteiger partial charge < -0.3 is 0 Å². The van der Waals surface area contributed by atoms with Crippen molar-refractivity contribution >= 4 is 29.6 Å². The van der Waals surface area contributed by atoms with Crippen molar-refractivity contribution in [1.82, 2.24) is 0 Å². The van der Waals surface area contributed by atoms with E-state index in [1.54, 1.807) is 6.21 Å². The topological polar surface area (TPSA) is 12.4 Å². The van der Waals surface area contributed by atoms with Gasteiger partial charge in [0.1, 0.15) is 0 Å². The third-order valence-electron chi connectivity index (χ3n) is 2.22. The van der Waals surface area contributed by atoms with E-state index in [-0.39, 0.29) is 0 Å². The molecule has 0 amide bonds. The highest BCUT2D eigenvalue weighted by atomic mass is 35.5. The van der Waals surface area contributed by atoms with E-state index in [4.69, 9.17) is 11.6 Å². The molecule has 0 radical (unpaired) electrons. The first-order valence-corrected chi connectivity index (χ1v) is 5.74. The zero-order valence-corrected chi connectivity index (χ0v) is 10.0. The van der Waals surface area contributed by atoms with Gasteiger partial charge in [0.25, 0.3) is 0 Å². The standard InChI is InChI=1S/C15H12ClN/c16-14-10-8-13(9-11-14)5-4-12-17-15-6-2-1-3-7-15/h1-12H/b5-4-,17-12?. The summed E-state index contributed by atoms with van der Waals surface area (Å²) in [6.07, 6.45) is 5.68. The average Bonchev–Trinajstić information content (AvgIpc) is 2.38. The van der Waals surface area contributed by atoms with Gasteiger partial charge in [-0.15, -0.1) is 0 Å². The predicted octanol–water partition coefficient (Wildman–Crippen LogP) is 4.76. The lowest BCUT2D eigenvalue weighted by Crippen LogP contribution is -1.71. The zero-order valence-electron chi connectivity index (χ0n) is 9.25. The van der Waals surface area contributed by atoms with Crippen LogP contribution in [0.3, 0.4) is 0 Å². The number of halogens is 1. The van der Waals surface area contributed by atoms with Crippen LogP contribution in [-0.2, 0) is 0 Å². The molecule has 2 aromatic rings. The van der Waals surface area contributed by atoms with E-state index in [1.165, 1.54) is 0 Å². The molecule has 1 nitrogen and oxygen atoms in total. The molecule has 0 bridgehead atoms. The summed E-state index contributed by atoms with van der Waals surface area (Å²) >= 11 is 5.80. The summed E-state index contributed by atoms with van der Waals surface area (Å²) < 4.78 is 0. The second-order valence-electron chi connectivity index (χ2n) is 3.52. The molecule has 0 saturated carbocycles. The Labute approximate surface area is 106 Å². The molecule has 2 aromatic carbocycles. The fourth-order valence-corrected chi connectivity index (χ4v) is 1.50. The van der Waals surface area contributed by atoms with Crippen LogP contribution >= 0.6 is 11.6 Å². The van der Waals surface area contributed by atoms with Crippen LogP contribution in [0.1, 0.15) is 5.56 Å². The molecule has 84 valence electrons. The second kappa shape index (κ2) is 6.02. The third-order valence-corrected chi connectivity index (χ3v) is 2.48. The summed E-state index contributed by atoms with van der Waals surface area (Å²) in [6.45, 7) is 0. The van der Waals surface area contributed by atoms with Gasteiger partial charge in [0.2, 0.25) is 0 Å². The van der Waals surface area contributed by atoms with Gasteiger partial charge in [-0.1, -0.05) is 48.0 Å². The largest absolute Gasteiger partial charge is 0.257 e. The first-order chi connectivity index (χ1) is 8.34. The number of allylic oxidation sites excluding steroid dienone is 1. The maximum Gasteiger partial charge on any atom is 0.0629 e. The van der Waals surface area contributed by atoms with E-state index in [0.717, 1.165) is 16.3 Å². The van der Waals surface area contributed by atoms with Gasteiger partial charge in [-0.05, 0) is 35.9 Å². The van der Waals surface area contributed by atoms with Gasteiger partial charge in [-0.25, -0.2) is 0 Å². The minimum absolute atomic E-state index is 0.750. The van der Waals surface area contributed by atoms with Crippen molar-refractivity contribution in [2.24, 2.45) is 4.99 Å². The monoisotopic (exact) mass is 241 g/mol. The van der Waals surface area contributed by atoms with Crippen LogP contribution in [-0.4, -0.2) is 6.21 Å². The minimum atomic E-state index is 0.750. The fourth-order valence-electron chi connectivity index (χ4n) is 1.37. The van der Waals surface area contributed by atoms with Crippen molar-refractivity contribution in [2.75, 3.05) is 0 Å². The quantitative estimate of drug-likeness (QED) is 0.688. The fraction of sp³-hybridized carbons (Fsp3) is 0. The summed E-state index contributed by atoms with van der Waals surface area (Å²) in [4.78, 5) is 4.30. The highest BCUT2D eigenvalue weighted by molar-refractivity contribution is 6.30. The minimum Gasteiger partial charge on any atom is -0.257 e. The van der Waals surface area contributed by atoms with E-state index in [2.05, 4.69) is 4.99 Å². The Kier molecular flexibility index (Phi) is 4.11.